The van der Waals surface area contributed by atoms with Gasteiger partial charge in [0.2, 0.25) is 0 Å². The molecule has 0 fully saturated rings. The second kappa shape index (κ2) is 6.99. The van der Waals surface area contributed by atoms with E-state index in [1.165, 1.54) is 33.5 Å². The van der Waals surface area contributed by atoms with Crippen molar-refractivity contribution in [1.29, 1.82) is 0 Å². The highest BCUT2D eigenvalue weighted by Crippen LogP contribution is 2.42. The number of rotatable bonds is 1. The summed E-state index contributed by atoms with van der Waals surface area (Å²) in [6.45, 7) is 2.45. The van der Waals surface area contributed by atoms with E-state index in [1.807, 2.05) is 36.6 Å². The first-order valence-electron chi connectivity index (χ1n) is 9.86. The average Bonchev–Trinajstić information content (AvgIpc) is 3.30. The molecule has 0 saturated heterocycles. The van der Waals surface area contributed by atoms with Crippen molar-refractivity contribution in [3.63, 3.8) is 0 Å². The molecule has 0 spiro atoms. The van der Waals surface area contributed by atoms with E-state index in [0.29, 0.717) is 6.54 Å². The molecule has 2 aliphatic rings. The second-order valence-electron chi connectivity index (χ2n) is 7.66. The quantitative estimate of drug-likeness (QED) is 0.537. The molecule has 0 radical (unpaired) electrons. The molecule has 4 nitrogen and oxygen atoms in total. The number of anilines is 1. The van der Waals surface area contributed by atoms with E-state index >= 15 is 0 Å². The number of urea groups is 1. The molecular formula is C22H21F2N3OS. The van der Waals surface area contributed by atoms with Crippen LogP contribution in [0.3, 0.4) is 0 Å². The molecule has 150 valence electrons. The maximum Gasteiger partial charge on any atom is 0.322 e. The summed E-state index contributed by atoms with van der Waals surface area (Å²) in [7, 11) is 0. The Balaban J connectivity index is 1.54. The third kappa shape index (κ3) is 3.04. The molecule has 1 atom stereocenters. The summed E-state index contributed by atoms with van der Waals surface area (Å²) in [4.78, 5) is 16.3. The van der Waals surface area contributed by atoms with Gasteiger partial charge in [-0.1, -0.05) is 0 Å². The molecule has 5 rings (SSSR count). The number of hydrogen-bond donors (Lipinski definition) is 1. The summed E-state index contributed by atoms with van der Waals surface area (Å²) in [5.41, 5.74) is 3.57. The number of carbonyl (C=O) groups is 1. The fourth-order valence-corrected chi connectivity index (χ4v) is 5.79. The third-order valence-corrected chi connectivity index (χ3v) is 7.25. The Hall–Kier alpha value is -2.67. The topological polar surface area (TPSA) is 37.3 Å². The molecule has 1 unspecified atom stereocenters. The maximum absolute atomic E-state index is 14.1. The Morgan fingerprint density at radius 1 is 1.17 bits per heavy atom. The minimum absolute atomic E-state index is 0.0178. The Kier molecular flexibility index (Phi) is 4.42. The lowest BCUT2D eigenvalue weighted by atomic mass is 9.95. The molecule has 0 bridgehead atoms. The molecule has 2 aromatic heterocycles. The van der Waals surface area contributed by atoms with Gasteiger partial charge in [-0.15, -0.1) is 11.3 Å². The number of amides is 2. The van der Waals surface area contributed by atoms with E-state index in [-0.39, 0.29) is 17.8 Å². The third-order valence-electron chi connectivity index (χ3n) is 5.92. The van der Waals surface area contributed by atoms with E-state index < -0.39 is 11.6 Å². The summed E-state index contributed by atoms with van der Waals surface area (Å²) < 4.78 is 29.5. The molecule has 29 heavy (non-hydrogen) atoms. The second-order valence-corrected chi connectivity index (χ2v) is 8.74. The summed E-state index contributed by atoms with van der Waals surface area (Å²) in [5.74, 6) is -1.45. The molecule has 3 aromatic rings. The van der Waals surface area contributed by atoms with E-state index in [1.54, 1.807) is 4.90 Å². The first-order chi connectivity index (χ1) is 14.0. The predicted molar refractivity (Wildman–Crippen MR) is 110 cm³/mol. The lowest BCUT2D eigenvalue weighted by molar-refractivity contribution is 0.189. The van der Waals surface area contributed by atoms with Crippen molar-refractivity contribution >= 4 is 23.1 Å². The lowest BCUT2D eigenvalue weighted by Gasteiger charge is -2.28. The van der Waals surface area contributed by atoms with E-state index in [9.17, 15) is 13.6 Å². The first-order valence-corrected chi connectivity index (χ1v) is 10.7. The number of fused-ring (bicyclic) bond motifs is 5. The van der Waals surface area contributed by atoms with Crippen LogP contribution >= 0.6 is 11.3 Å². The zero-order chi connectivity index (χ0) is 20.1. The van der Waals surface area contributed by atoms with E-state index in [2.05, 4.69) is 9.88 Å². The smallest absolute Gasteiger partial charge is 0.312 e. The maximum atomic E-state index is 14.1. The van der Waals surface area contributed by atoms with Gasteiger partial charge in [-0.05, 0) is 62.4 Å². The molecule has 1 aromatic carbocycles. The van der Waals surface area contributed by atoms with Gasteiger partial charge in [-0.25, -0.2) is 13.6 Å². The molecule has 2 amide bonds. The number of aryl methyl sites for hydroxylation is 1. The number of nitrogens with zero attached hydrogens (tertiary/aromatic N) is 2. The van der Waals surface area contributed by atoms with Crippen LogP contribution in [-0.2, 0) is 19.4 Å². The first kappa shape index (κ1) is 18.4. The van der Waals surface area contributed by atoms with Gasteiger partial charge < -0.3 is 14.8 Å². The van der Waals surface area contributed by atoms with Crippen LogP contribution in [0.4, 0.5) is 19.3 Å². The highest BCUT2D eigenvalue weighted by Gasteiger charge is 2.33. The van der Waals surface area contributed by atoms with Gasteiger partial charge in [-0.2, -0.15) is 0 Å². The monoisotopic (exact) mass is 413 g/mol. The Morgan fingerprint density at radius 3 is 2.83 bits per heavy atom. The minimum Gasteiger partial charge on any atom is -0.312 e. The van der Waals surface area contributed by atoms with Crippen molar-refractivity contribution in [2.45, 2.75) is 45.2 Å². The Bertz CT molecular complexity index is 1100. The lowest BCUT2D eigenvalue weighted by Crippen LogP contribution is -2.36. The van der Waals surface area contributed by atoms with E-state index in [0.717, 1.165) is 37.1 Å². The SMILES string of the molecule is CC1c2cccn2-c2sc3c(c2CN1C(=O)Nc1ccc(F)cc1F)CCCC3. The van der Waals surface area contributed by atoms with Crippen LogP contribution in [0.5, 0.6) is 0 Å². The summed E-state index contributed by atoms with van der Waals surface area (Å²) >= 11 is 1.83. The Morgan fingerprint density at radius 2 is 2.00 bits per heavy atom. The average molecular weight is 413 g/mol. The molecule has 1 aliphatic heterocycles. The van der Waals surface area contributed by atoms with Crippen molar-refractivity contribution < 1.29 is 13.6 Å². The van der Waals surface area contributed by atoms with Gasteiger partial charge in [0.05, 0.1) is 18.3 Å². The zero-order valence-corrected chi connectivity index (χ0v) is 16.9. The summed E-state index contributed by atoms with van der Waals surface area (Å²) in [6, 6.07) is 6.62. The zero-order valence-electron chi connectivity index (χ0n) is 16.0. The number of thiophene rings is 1. The van der Waals surface area contributed by atoms with Crippen LogP contribution in [0.25, 0.3) is 5.00 Å². The molecule has 1 N–H and O–H groups in total. The van der Waals surface area contributed by atoms with Gasteiger partial charge in [0.1, 0.15) is 16.6 Å². The summed E-state index contributed by atoms with van der Waals surface area (Å²) in [5, 5.41) is 3.82. The fraction of sp³-hybridized carbons (Fsp3) is 0.318. The normalized spacial score (nSPS) is 17.9. The van der Waals surface area contributed by atoms with Crippen LogP contribution in [-0.4, -0.2) is 15.5 Å². The summed E-state index contributed by atoms with van der Waals surface area (Å²) in [6.07, 6.45) is 6.54. The molecular weight excluding hydrogens is 392 g/mol. The molecule has 1 aliphatic carbocycles. The highest BCUT2D eigenvalue weighted by atomic mass is 32.1. The van der Waals surface area contributed by atoms with Gasteiger partial charge >= 0.3 is 6.03 Å². The van der Waals surface area contributed by atoms with Crippen molar-refractivity contribution in [2.75, 3.05) is 5.32 Å². The van der Waals surface area contributed by atoms with Crippen LogP contribution in [0.1, 0.15) is 47.5 Å². The van der Waals surface area contributed by atoms with Crippen molar-refractivity contribution in [3.05, 3.63) is 69.9 Å². The van der Waals surface area contributed by atoms with Gasteiger partial charge in [0.15, 0.2) is 0 Å². The fourth-order valence-electron chi connectivity index (χ4n) is 4.39. The predicted octanol–water partition coefficient (Wildman–Crippen LogP) is 5.80. The number of hydrogen-bond acceptors (Lipinski definition) is 2. The van der Waals surface area contributed by atoms with Crippen molar-refractivity contribution in [2.24, 2.45) is 0 Å². The van der Waals surface area contributed by atoms with Gasteiger partial charge in [-0.3, -0.25) is 0 Å². The number of benzene rings is 1. The van der Waals surface area contributed by atoms with Crippen LogP contribution < -0.4 is 5.32 Å². The van der Waals surface area contributed by atoms with Gasteiger partial charge in [0.25, 0.3) is 0 Å². The van der Waals surface area contributed by atoms with Crippen LogP contribution in [0.15, 0.2) is 36.5 Å². The highest BCUT2D eigenvalue weighted by molar-refractivity contribution is 7.15. The number of aromatic nitrogens is 1. The number of nitrogens with one attached hydrogen (secondary N) is 1. The molecule has 7 heteroatoms. The van der Waals surface area contributed by atoms with Crippen LogP contribution in [0, 0.1) is 11.6 Å². The van der Waals surface area contributed by atoms with Crippen LogP contribution in [0.2, 0.25) is 0 Å². The molecule has 3 heterocycles. The van der Waals surface area contributed by atoms with Gasteiger partial charge in [0, 0.05) is 28.4 Å². The number of halogens is 2. The molecule has 0 saturated carbocycles. The van der Waals surface area contributed by atoms with Crippen molar-refractivity contribution in [1.82, 2.24) is 9.47 Å². The number of carbonyl (C=O) groups excluding carboxylic acids is 1. The minimum atomic E-state index is -0.780. The standard InChI is InChI=1S/C22H21F2N3OS/c1-13-19-6-4-10-26(19)21-16(15-5-2-3-7-20(15)29-21)12-27(13)22(28)25-18-9-8-14(23)11-17(18)24/h4,6,8-11,13H,2-3,5,7,12H2,1H3,(H,25,28). The van der Waals surface area contributed by atoms with E-state index in [4.69, 9.17) is 0 Å². The Labute approximate surface area is 171 Å². The largest absolute Gasteiger partial charge is 0.322 e. The van der Waals surface area contributed by atoms with Crippen molar-refractivity contribution in [3.8, 4) is 5.00 Å².